The second-order valence-electron chi connectivity index (χ2n) is 3.78. The lowest BCUT2D eigenvalue weighted by Gasteiger charge is -2.10. The summed E-state index contributed by atoms with van der Waals surface area (Å²) in [6, 6.07) is 0. The van der Waals surface area contributed by atoms with Crippen LogP contribution in [0.1, 0.15) is 28.6 Å². The molecule has 1 unspecified atom stereocenters. The Morgan fingerprint density at radius 1 is 1.25 bits per heavy atom. The van der Waals surface area contributed by atoms with Crippen LogP contribution in [0.4, 0.5) is 0 Å². The molecule has 0 radical (unpaired) electrons. The van der Waals surface area contributed by atoms with Crippen LogP contribution in [-0.2, 0) is 7.05 Å². The molecule has 84 valence electrons. The van der Waals surface area contributed by atoms with E-state index in [1.807, 2.05) is 20.9 Å². The minimum atomic E-state index is -0.713. The van der Waals surface area contributed by atoms with E-state index in [2.05, 4.69) is 15.1 Å². The topological polar surface area (TPSA) is 63.8 Å². The summed E-state index contributed by atoms with van der Waals surface area (Å²) in [6.07, 6.45) is 3.96. The van der Waals surface area contributed by atoms with Crippen LogP contribution in [0, 0.1) is 13.8 Å². The van der Waals surface area contributed by atoms with Crippen molar-refractivity contribution in [2.75, 3.05) is 0 Å². The van der Waals surface area contributed by atoms with Crippen LogP contribution in [0.3, 0.4) is 0 Å². The van der Waals surface area contributed by atoms with Gasteiger partial charge in [-0.25, -0.2) is 9.97 Å². The minimum Gasteiger partial charge on any atom is -0.383 e. The normalized spacial score (nSPS) is 12.8. The fourth-order valence-corrected chi connectivity index (χ4v) is 1.80. The molecule has 2 aromatic rings. The Morgan fingerprint density at radius 3 is 2.38 bits per heavy atom. The Balaban J connectivity index is 2.45. The molecule has 0 saturated heterocycles. The van der Waals surface area contributed by atoms with Crippen molar-refractivity contribution in [3.05, 3.63) is 41.2 Å². The maximum absolute atomic E-state index is 10.2. The monoisotopic (exact) mass is 218 g/mol. The highest BCUT2D eigenvalue weighted by Crippen LogP contribution is 2.25. The average molecular weight is 218 g/mol. The second-order valence-corrected chi connectivity index (χ2v) is 3.78. The van der Waals surface area contributed by atoms with Gasteiger partial charge >= 0.3 is 0 Å². The third kappa shape index (κ3) is 1.69. The van der Waals surface area contributed by atoms with Crippen molar-refractivity contribution in [3.63, 3.8) is 0 Å². The molecule has 0 fully saturated rings. The number of rotatable bonds is 2. The summed E-state index contributed by atoms with van der Waals surface area (Å²) in [4.78, 5) is 7.80. The van der Waals surface area contributed by atoms with Gasteiger partial charge in [0.25, 0.3) is 0 Å². The summed E-state index contributed by atoms with van der Waals surface area (Å²) in [5.41, 5.74) is 3.30. The van der Waals surface area contributed by atoms with E-state index in [1.54, 1.807) is 17.1 Å². The predicted octanol–water partition coefficient (Wildman–Crippen LogP) is 0.909. The molecule has 2 aromatic heterocycles. The molecule has 0 aromatic carbocycles. The van der Waals surface area contributed by atoms with Crippen molar-refractivity contribution < 1.29 is 5.11 Å². The van der Waals surface area contributed by atoms with Crippen LogP contribution in [-0.4, -0.2) is 24.9 Å². The molecule has 0 saturated carbocycles. The molecule has 0 bridgehead atoms. The van der Waals surface area contributed by atoms with Gasteiger partial charge in [-0.3, -0.25) is 4.68 Å². The number of nitrogens with zero attached hydrogens (tertiary/aromatic N) is 4. The molecular formula is C11H14N4O. The van der Waals surface area contributed by atoms with Gasteiger partial charge in [0, 0.05) is 36.3 Å². The molecule has 0 aliphatic rings. The first-order valence-electron chi connectivity index (χ1n) is 5.04. The van der Waals surface area contributed by atoms with Gasteiger partial charge in [0.2, 0.25) is 0 Å². The number of aliphatic hydroxyl groups is 1. The number of aliphatic hydroxyl groups excluding tert-OH is 1. The lowest BCUT2D eigenvalue weighted by atomic mass is 10.0. The zero-order valence-corrected chi connectivity index (χ0v) is 9.55. The number of aromatic nitrogens is 4. The summed E-state index contributed by atoms with van der Waals surface area (Å²) in [7, 11) is 1.86. The largest absolute Gasteiger partial charge is 0.383 e. The second kappa shape index (κ2) is 4.02. The van der Waals surface area contributed by atoms with E-state index in [4.69, 9.17) is 0 Å². The first kappa shape index (κ1) is 10.8. The molecule has 1 atom stereocenters. The number of aryl methyl sites for hydroxylation is 2. The van der Waals surface area contributed by atoms with E-state index in [-0.39, 0.29) is 0 Å². The predicted molar refractivity (Wildman–Crippen MR) is 58.8 cm³/mol. The molecular weight excluding hydrogens is 204 g/mol. The van der Waals surface area contributed by atoms with Gasteiger partial charge < -0.3 is 5.11 Å². The third-order valence-corrected chi connectivity index (χ3v) is 2.73. The van der Waals surface area contributed by atoms with Gasteiger partial charge in [-0.15, -0.1) is 0 Å². The highest BCUT2D eigenvalue weighted by atomic mass is 16.3. The maximum atomic E-state index is 10.2. The quantitative estimate of drug-likeness (QED) is 0.813. The summed E-state index contributed by atoms with van der Waals surface area (Å²) in [6.45, 7) is 3.82. The summed E-state index contributed by atoms with van der Waals surface area (Å²) >= 11 is 0. The zero-order chi connectivity index (χ0) is 11.7. The van der Waals surface area contributed by atoms with Crippen molar-refractivity contribution in [2.45, 2.75) is 20.0 Å². The summed E-state index contributed by atoms with van der Waals surface area (Å²) in [5.74, 6) is 0. The van der Waals surface area contributed by atoms with Crippen LogP contribution < -0.4 is 0 Å². The van der Waals surface area contributed by atoms with Crippen LogP contribution in [0.5, 0.6) is 0 Å². The Bertz CT molecular complexity index is 492. The molecule has 2 rings (SSSR count). The standard InChI is InChI=1S/C11H14N4O/c1-7-10(8(2)15(3)14-7)11(16)9-4-12-6-13-5-9/h4-6,11,16H,1-3H3. The maximum Gasteiger partial charge on any atom is 0.115 e. The van der Waals surface area contributed by atoms with Gasteiger partial charge in [0.15, 0.2) is 0 Å². The Morgan fingerprint density at radius 2 is 1.88 bits per heavy atom. The molecule has 0 amide bonds. The first-order valence-corrected chi connectivity index (χ1v) is 5.04. The van der Waals surface area contributed by atoms with Crippen molar-refractivity contribution in [3.8, 4) is 0 Å². The number of hydrogen-bond donors (Lipinski definition) is 1. The Hall–Kier alpha value is -1.75. The van der Waals surface area contributed by atoms with Crippen LogP contribution >= 0.6 is 0 Å². The van der Waals surface area contributed by atoms with Crippen molar-refractivity contribution in [1.29, 1.82) is 0 Å². The summed E-state index contributed by atoms with van der Waals surface area (Å²) < 4.78 is 1.76. The molecule has 2 heterocycles. The summed E-state index contributed by atoms with van der Waals surface area (Å²) in [5, 5.41) is 14.5. The van der Waals surface area contributed by atoms with Crippen molar-refractivity contribution >= 4 is 0 Å². The molecule has 5 heteroatoms. The van der Waals surface area contributed by atoms with Gasteiger partial charge in [0.05, 0.1) is 5.69 Å². The van der Waals surface area contributed by atoms with Gasteiger partial charge in [-0.2, -0.15) is 5.10 Å². The smallest absolute Gasteiger partial charge is 0.115 e. The van der Waals surface area contributed by atoms with E-state index in [0.29, 0.717) is 5.56 Å². The van der Waals surface area contributed by atoms with Gasteiger partial charge in [-0.05, 0) is 13.8 Å². The molecule has 0 aliphatic carbocycles. The lowest BCUT2D eigenvalue weighted by molar-refractivity contribution is 0.217. The SMILES string of the molecule is Cc1nn(C)c(C)c1C(O)c1cncnc1. The fourth-order valence-electron chi connectivity index (χ4n) is 1.80. The zero-order valence-electron chi connectivity index (χ0n) is 9.55. The Kier molecular flexibility index (Phi) is 2.70. The highest BCUT2D eigenvalue weighted by molar-refractivity contribution is 5.33. The van der Waals surface area contributed by atoms with Gasteiger partial charge in [0.1, 0.15) is 12.4 Å². The average Bonchev–Trinajstić information content (AvgIpc) is 2.54. The van der Waals surface area contributed by atoms with Crippen LogP contribution in [0.2, 0.25) is 0 Å². The fraction of sp³-hybridized carbons (Fsp3) is 0.364. The minimum absolute atomic E-state index is 0.682. The first-order chi connectivity index (χ1) is 7.61. The van der Waals surface area contributed by atoms with Crippen molar-refractivity contribution in [1.82, 2.24) is 19.7 Å². The van der Waals surface area contributed by atoms with E-state index in [1.165, 1.54) is 6.33 Å². The van der Waals surface area contributed by atoms with Gasteiger partial charge in [-0.1, -0.05) is 0 Å². The van der Waals surface area contributed by atoms with Crippen molar-refractivity contribution in [2.24, 2.45) is 7.05 Å². The molecule has 0 aliphatic heterocycles. The van der Waals surface area contributed by atoms with E-state index in [9.17, 15) is 5.11 Å². The van der Waals surface area contributed by atoms with Crippen LogP contribution in [0.15, 0.2) is 18.7 Å². The molecule has 5 nitrogen and oxygen atoms in total. The third-order valence-electron chi connectivity index (χ3n) is 2.73. The van der Waals surface area contributed by atoms with E-state index in [0.717, 1.165) is 17.0 Å². The Labute approximate surface area is 93.8 Å². The highest BCUT2D eigenvalue weighted by Gasteiger charge is 2.19. The lowest BCUT2D eigenvalue weighted by Crippen LogP contribution is -2.04. The molecule has 0 spiro atoms. The van der Waals surface area contributed by atoms with E-state index >= 15 is 0 Å². The molecule has 1 N–H and O–H groups in total. The van der Waals surface area contributed by atoms with E-state index < -0.39 is 6.10 Å². The van der Waals surface area contributed by atoms with Crippen LogP contribution in [0.25, 0.3) is 0 Å². The number of hydrogen-bond acceptors (Lipinski definition) is 4. The molecule has 16 heavy (non-hydrogen) atoms.